The number of rotatable bonds is 10. The average Bonchev–Trinajstić information content (AvgIpc) is 2.69. The highest BCUT2D eigenvalue weighted by Gasteiger charge is 2.02. The van der Waals surface area contributed by atoms with Gasteiger partial charge in [0.2, 0.25) is 5.91 Å². The SMILES string of the molecule is CCCCC(=O)COc1ccc(/C=C/C(=O)NCc2cccnc2)cc1.O. The van der Waals surface area contributed by atoms with Gasteiger partial charge in [-0.25, -0.2) is 0 Å². The molecule has 1 amide bonds. The number of hydrogen-bond donors (Lipinski definition) is 1. The maximum Gasteiger partial charge on any atom is 0.244 e. The summed E-state index contributed by atoms with van der Waals surface area (Å²) in [4.78, 5) is 27.4. The van der Waals surface area contributed by atoms with Crippen LogP contribution >= 0.6 is 0 Å². The third-order valence-electron chi connectivity index (χ3n) is 3.71. The van der Waals surface area contributed by atoms with E-state index in [9.17, 15) is 9.59 Å². The molecule has 0 saturated carbocycles. The Morgan fingerprint density at radius 1 is 1.19 bits per heavy atom. The van der Waals surface area contributed by atoms with Gasteiger partial charge in [0, 0.05) is 31.4 Å². The number of pyridine rings is 1. The molecule has 0 saturated heterocycles. The van der Waals surface area contributed by atoms with Crippen molar-refractivity contribution in [2.45, 2.75) is 32.7 Å². The summed E-state index contributed by atoms with van der Waals surface area (Å²) in [6.07, 6.45) is 9.09. The molecule has 0 fully saturated rings. The molecule has 0 aliphatic rings. The van der Waals surface area contributed by atoms with E-state index in [2.05, 4.69) is 17.2 Å². The van der Waals surface area contributed by atoms with Crippen LogP contribution in [0.2, 0.25) is 0 Å². The Labute approximate surface area is 159 Å². The number of carbonyl (C=O) groups excluding carboxylic acids is 2. The predicted molar refractivity (Wildman–Crippen MR) is 105 cm³/mol. The van der Waals surface area contributed by atoms with Crippen molar-refractivity contribution in [1.29, 1.82) is 0 Å². The summed E-state index contributed by atoms with van der Waals surface area (Å²) in [7, 11) is 0. The fraction of sp³-hybridized carbons (Fsp3) is 0.286. The monoisotopic (exact) mass is 370 g/mol. The largest absolute Gasteiger partial charge is 0.486 e. The van der Waals surface area contributed by atoms with Gasteiger partial charge in [0.15, 0.2) is 5.78 Å². The minimum absolute atomic E-state index is 0. The summed E-state index contributed by atoms with van der Waals surface area (Å²) in [5.74, 6) is 0.588. The molecule has 1 aromatic carbocycles. The second-order valence-corrected chi connectivity index (χ2v) is 5.91. The number of amides is 1. The molecule has 2 rings (SSSR count). The Morgan fingerprint density at radius 2 is 1.96 bits per heavy atom. The summed E-state index contributed by atoms with van der Waals surface area (Å²) in [6.45, 7) is 2.60. The molecule has 0 aliphatic carbocycles. The van der Waals surface area contributed by atoms with Crippen molar-refractivity contribution >= 4 is 17.8 Å². The van der Waals surface area contributed by atoms with E-state index < -0.39 is 0 Å². The lowest BCUT2D eigenvalue weighted by atomic mass is 10.2. The molecule has 1 heterocycles. The van der Waals surface area contributed by atoms with Gasteiger partial charge in [-0.3, -0.25) is 14.6 Å². The second-order valence-electron chi connectivity index (χ2n) is 5.91. The first-order valence-electron chi connectivity index (χ1n) is 8.76. The summed E-state index contributed by atoms with van der Waals surface area (Å²) in [5, 5.41) is 2.80. The van der Waals surface area contributed by atoms with Gasteiger partial charge in [-0.1, -0.05) is 31.5 Å². The molecule has 0 spiro atoms. The molecule has 0 radical (unpaired) electrons. The van der Waals surface area contributed by atoms with Crippen molar-refractivity contribution in [2.24, 2.45) is 0 Å². The van der Waals surface area contributed by atoms with E-state index in [4.69, 9.17) is 4.74 Å². The van der Waals surface area contributed by atoms with E-state index in [1.807, 2.05) is 24.3 Å². The zero-order valence-corrected chi connectivity index (χ0v) is 15.5. The quantitative estimate of drug-likeness (QED) is 0.650. The smallest absolute Gasteiger partial charge is 0.244 e. The molecule has 1 aromatic heterocycles. The van der Waals surface area contributed by atoms with Gasteiger partial charge in [-0.15, -0.1) is 0 Å². The number of nitrogens with one attached hydrogen (secondary N) is 1. The first-order chi connectivity index (χ1) is 12.7. The minimum Gasteiger partial charge on any atom is -0.486 e. The number of nitrogens with zero attached hydrogens (tertiary/aromatic N) is 1. The Bertz CT molecular complexity index is 728. The van der Waals surface area contributed by atoms with Crippen molar-refractivity contribution in [3.05, 3.63) is 66.0 Å². The molecule has 6 heteroatoms. The molecule has 6 nitrogen and oxygen atoms in total. The molecule has 2 aromatic rings. The Kier molecular flexibility index (Phi) is 10.1. The number of ether oxygens (including phenoxy) is 1. The molecule has 144 valence electrons. The second kappa shape index (κ2) is 12.4. The zero-order chi connectivity index (χ0) is 18.6. The molecule has 0 atom stereocenters. The fourth-order valence-electron chi connectivity index (χ4n) is 2.21. The lowest BCUT2D eigenvalue weighted by Crippen LogP contribution is -2.20. The van der Waals surface area contributed by atoms with Crippen LogP contribution in [0.3, 0.4) is 0 Å². The van der Waals surface area contributed by atoms with Crippen molar-refractivity contribution in [1.82, 2.24) is 10.3 Å². The highest BCUT2D eigenvalue weighted by Crippen LogP contribution is 2.13. The highest BCUT2D eigenvalue weighted by atomic mass is 16.5. The number of ketones is 1. The van der Waals surface area contributed by atoms with Gasteiger partial charge in [0.25, 0.3) is 0 Å². The van der Waals surface area contributed by atoms with Crippen LogP contribution in [0, 0.1) is 0 Å². The van der Waals surface area contributed by atoms with E-state index in [0.717, 1.165) is 24.0 Å². The summed E-state index contributed by atoms with van der Waals surface area (Å²) >= 11 is 0. The maximum absolute atomic E-state index is 11.8. The average molecular weight is 370 g/mol. The topological polar surface area (TPSA) is 99.8 Å². The van der Waals surface area contributed by atoms with Crippen LogP contribution in [0.5, 0.6) is 5.75 Å². The summed E-state index contributed by atoms with van der Waals surface area (Å²) < 4.78 is 5.47. The van der Waals surface area contributed by atoms with Gasteiger partial charge in [-0.05, 0) is 41.8 Å². The van der Waals surface area contributed by atoms with E-state index >= 15 is 0 Å². The lowest BCUT2D eigenvalue weighted by molar-refractivity contribution is -0.121. The van der Waals surface area contributed by atoms with Crippen LogP contribution < -0.4 is 10.1 Å². The van der Waals surface area contributed by atoms with Crippen LogP contribution in [0.1, 0.15) is 37.3 Å². The maximum atomic E-state index is 11.8. The van der Waals surface area contributed by atoms with Crippen LogP contribution in [0.25, 0.3) is 6.08 Å². The third kappa shape index (κ3) is 8.78. The number of aromatic nitrogens is 1. The first kappa shape index (κ1) is 22.1. The molecule has 0 bridgehead atoms. The molecule has 0 unspecified atom stereocenters. The van der Waals surface area contributed by atoms with Gasteiger partial charge in [0.1, 0.15) is 12.4 Å². The van der Waals surface area contributed by atoms with E-state index in [0.29, 0.717) is 18.7 Å². The summed E-state index contributed by atoms with van der Waals surface area (Å²) in [6, 6.07) is 11.0. The van der Waals surface area contributed by atoms with Crippen LogP contribution in [-0.4, -0.2) is 28.8 Å². The highest BCUT2D eigenvalue weighted by molar-refractivity contribution is 5.91. The number of Topliss-reactive ketones (excluding diaryl/α,β-unsaturated/α-hetero) is 1. The number of unbranched alkanes of at least 4 members (excludes halogenated alkanes) is 1. The predicted octanol–water partition coefficient (Wildman–Crippen LogP) is 2.72. The lowest BCUT2D eigenvalue weighted by Gasteiger charge is -2.05. The van der Waals surface area contributed by atoms with E-state index in [1.54, 1.807) is 30.6 Å². The van der Waals surface area contributed by atoms with Crippen LogP contribution in [0.4, 0.5) is 0 Å². The van der Waals surface area contributed by atoms with Crippen LogP contribution in [-0.2, 0) is 16.1 Å². The van der Waals surface area contributed by atoms with Crippen molar-refractivity contribution in [3.8, 4) is 5.75 Å². The minimum atomic E-state index is -0.171. The van der Waals surface area contributed by atoms with E-state index in [1.165, 1.54) is 6.08 Å². The normalized spacial score (nSPS) is 10.3. The number of hydrogen-bond acceptors (Lipinski definition) is 4. The number of benzene rings is 1. The van der Waals surface area contributed by atoms with Gasteiger partial charge in [0.05, 0.1) is 0 Å². The Morgan fingerprint density at radius 3 is 2.63 bits per heavy atom. The van der Waals surface area contributed by atoms with Crippen molar-refractivity contribution in [3.63, 3.8) is 0 Å². The van der Waals surface area contributed by atoms with E-state index in [-0.39, 0.29) is 23.8 Å². The third-order valence-corrected chi connectivity index (χ3v) is 3.71. The molecule has 0 aliphatic heterocycles. The van der Waals surface area contributed by atoms with Gasteiger partial charge in [-0.2, -0.15) is 0 Å². The molecule has 3 N–H and O–H groups in total. The first-order valence-corrected chi connectivity index (χ1v) is 8.76. The van der Waals surface area contributed by atoms with Crippen LogP contribution in [0.15, 0.2) is 54.9 Å². The van der Waals surface area contributed by atoms with Gasteiger partial charge >= 0.3 is 0 Å². The standard InChI is InChI=1S/C21H24N2O3.H2O/c1-2-3-6-19(24)16-26-20-10-7-17(8-11-20)9-12-21(25)23-15-18-5-4-13-22-14-18;/h4-5,7-14H,2-3,6,15-16H2,1H3,(H,23,25);1H2/b12-9+;. The fourth-order valence-corrected chi connectivity index (χ4v) is 2.21. The number of carbonyl (C=O) groups is 2. The summed E-state index contributed by atoms with van der Waals surface area (Å²) in [5.41, 5.74) is 1.83. The molecular weight excluding hydrogens is 344 g/mol. The Balaban J connectivity index is 0.00000364. The molecular formula is C21H26N2O4. The zero-order valence-electron chi connectivity index (χ0n) is 15.5. The molecule has 27 heavy (non-hydrogen) atoms. The van der Waals surface area contributed by atoms with Crippen molar-refractivity contribution in [2.75, 3.05) is 6.61 Å². The Hall–Kier alpha value is -2.99. The van der Waals surface area contributed by atoms with Gasteiger partial charge < -0.3 is 15.5 Å². The van der Waals surface area contributed by atoms with Crippen molar-refractivity contribution < 1.29 is 19.8 Å².